The minimum Gasteiger partial charge on any atom is -0.507 e. The third-order valence-corrected chi connectivity index (χ3v) is 2.52. The fourth-order valence-corrected chi connectivity index (χ4v) is 1.62. The summed E-state index contributed by atoms with van der Waals surface area (Å²) in [4.78, 5) is 0. The Balaban J connectivity index is 2.42. The summed E-state index contributed by atoms with van der Waals surface area (Å²) in [5, 5.41) is 19.3. The van der Waals surface area contributed by atoms with E-state index in [-0.39, 0.29) is 11.5 Å². The van der Waals surface area contributed by atoms with Crippen LogP contribution >= 0.6 is 0 Å². The summed E-state index contributed by atoms with van der Waals surface area (Å²) in [6.07, 6.45) is 1.74. The minimum absolute atomic E-state index is 0.184. The van der Waals surface area contributed by atoms with E-state index in [2.05, 4.69) is 6.92 Å². The Kier molecular flexibility index (Phi) is 3.15. The molecule has 0 bridgehead atoms. The molecule has 1 radical (unpaired) electrons. The summed E-state index contributed by atoms with van der Waals surface area (Å²) in [5.74, 6) is 0.383. The number of aromatic hydroxyl groups is 2. The van der Waals surface area contributed by atoms with Crippen molar-refractivity contribution in [3.8, 4) is 11.5 Å². The second-order valence-corrected chi connectivity index (χ2v) is 3.75. The third kappa shape index (κ3) is 2.48. The van der Waals surface area contributed by atoms with Gasteiger partial charge in [-0.15, -0.1) is 0 Å². The number of benzene rings is 2. The lowest BCUT2D eigenvalue weighted by Gasteiger charge is -2.05. The predicted molar refractivity (Wildman–Crippen MR) is 69.4 cm³/mol. The molecule has 0 heterocycles. The quantitative estimate of drug-likeness (QED) is 0.768. The van der Waals surface area contributed by atoms with Gasteiger partial charge in [-0.1, -0.05) is 36.4 Å². The molecule has 0 aromatic heterocycles. The van der Waals surface area contributed by atoms with E-state index in [1.807, 2.05) is 12.1 Å². The van der Waals surface area contributed by atoms with Gasteiger partial charge < -0.3 is 10.2 Å². The largest absolute Gasteiger partial charge is 0.507 e. The van der Waals surface area contributed by atoms with Gasteiger partial charge in [0, 0.05) is 11.1 Å². The van der Waals surface area contributed by atoms with Gasteiger partial charge in [0.15, 0.2) is 0 Å². The molecular weight excluding hydrogens is 212 g/mol. The third-order valence-electron chi connectivity index (χ3n) is 2.52. The Morgan fingerprint density at radius 2 is 1.47 bits per heavy atom. The van der Waals surface area contributed by atoms with Crippen molar-refractivity contribution in [3.63, 3.8) is 0 Å². The molecule has 0 amide bonds. The van der Waals surface area contributed by atoms with Crippen LogP contribution in [0, 0.1) is 6.92 Å². The standard InChI is InChI=1S/C15H13O2/c1-11(13-7-3-5-9-15(13)17)10-12-6-2-4-8-14(12)16/h2-10,16-17H,1H2. The van der Waals surface area contributed by atoms with Crippen molar-refractivity contribution in [2.75, 3.05) is 0 Å². The second kappa shape index (κ2) is 4.74. The first-order valence-electron chi connectivity index (χ1n) is 5.28. The van der Waals surface area contributed by atoms with Crippen LogP contribution in [0.3, 0.4) is 0 Å². The molecule has 0 saturated carbocycles. The summed E-state index contributed by atoms with van der Waals surface area (Å²) >= 11 is 0. The van der Waals surface area contributed by atoms with Gasteiger partial charge in [-0.3, -0.25) is 0 Å². The number of para-hydroxylation sites is 2. The number of hydrogen-bond donors (Lipinski definition) is 2. The van der Waals surface area contributed by atoms with Crippen molar-refractivity contribution in [2.45, 2.75) is 0 Å². The summed E-state index contributed by atoms with van der Waals surface area (Å²) in [6.45, 7) is 3.90. The molecule has 2 nitrogen and oxygen atoms in total. The smallest absolute Gasteiger partial charge is 0.123 e. The molecule has 0 aliphatic rings. The van der Waals surface area contributed by atoms with Crippen LogP contribution in [0.25, 0.3) is 11.6 Å². The van der Waals surface area contributed by atoms with Crippen molar-refractivity contribution < 1.29 is 10.2 Å². The van der Waals surface area contributed by atoms with Crippen molar-refractivity contribution in [1.29, 1.82) is 0 Å². The molecule has 17 heavy (non-hydrogen) atoms. The van der Waals surface area contributed by atoms with Crippen LogP contribution < -0.4 is 0 Å². The first kappa shape index (κ1) is 11.3. The highest BCUT2D eigenvalue weighted by Gasteiger charge is 2.03. The van der Waals surface area contributed by atoms with E-state index in [0.29, 0.717) is 16.7 Å². The first-order valence-corrected chi connectivity index (χ1v) is 5.28. The molecule has 0 saturated heterocycles. The molecule has 0 aliphatic carbocycles. The molecule has 2 N–H and O–H groups in total. The maximum Gasteiger partial charge on any atom is 0.123 e. The molecule has 2 heteroatoms. The van der Waals surface area contributed by atoms with E-state index >= 15 is 0 Å². The van der Waals surface area contributed by atoms with Gasteiger partial charge in [0.1, 0.15) is 11.5 Å². The molecule has 0 unspecified atom stereocenters. The van der Waals surface area contributed by atoms with Crippen molar-refractivity contribution in [3.05, 3.63) is 66.6 Å². The van der Waals surface area contributed by atoms with Gasteiger partial charge in [0.25, 0.3) is 0 Å². The van der Waals surface area contributed by atoms with Crippen LogP contribution in [0.5, 0.6) is 11.5 Å². The Morgan fingerprint density at radius 1 is 0.882 bits per heavy atom. The lowest BCUT2D eigenvalue weighted by molar-refractivity contribution is 0.472. The fourth-order valence-electron chi connectivity index (χ4n) is 1.62. The Labute approximate surface area is 100 Å². The molecule has 0 spiro atoms. The van der Waals surface area contributed by atoms with E-state index in [9.17, 15) is 10.2 Å². The van der Waals surface area contributed by atoms with Crippen molar-refractivity contribution >= 4 is 11.6 Å². The number of hydrogen-bond acceptors (Lipinski definition) is 2. The average molecular weight is 225 g/mol. The molecule has 2 aromatic carbocycles. The molecule has 2 rings (SSSR count). The molecular formula is C15H13O2. The van der Waals surface area contributed by atoms with Gasteiger partial charge in [-0.2, -0.15) is 0 Å². The highest BCUT2D eigenvalue weighted by atomic mass is 16.3. The molecule has 0 aliphatic heterocycles. The Morgan fingerprint density at radius 3 is 2.12 bits per heavy atom. The normalized spacial score (nSPS) is 11.5. The van der Waals surface area contributed by atoms with Crippen LogP contribution in [0.4, 0.5) is 0 Å². The van der Waals surface area contributed by atoms with Crippen LogP contribution in [0.15, 0.2) is 48.5 Å². The lowest BCUT2D eigenvalue weighted by Crippen LogP contribution is -1.82. The van der Waals surface area contributed by atoms with E-state index in [1.165, 1.54) is 0 Å². The first-order chi connectivity index (χ1) is 8.18. The minimum atomic E-state index is 0.184. The average Bonchev–Trinajstić information content (AvgIpc) is 2.32. The highest BCUT2D eigenvalue weighted by Crippen LogP contribution is 2.27. The molecule has 85 valence electrons. The molecule has 2 aromatic rings. The SMILES string of the molecule is [CH2]C(=Cc1ccccc1O)c1ccccc1O. The summed E-state index contributed by atoms with van der Waals surface area (Å²) < 4.78 is 0. The fraction of sp³-hybridized carbons (Fsp3) is 0. The van der Waals surface area contributed by atoms with E-state index in [1.54, 1.807) is 42.5 Å². The zero-order valence-electron chi connectivity index (χ0n) is 9.30. The van der Waals surface area contributed by atoms with Crippen molar-refractivity contribution in [2.24, 2.45) is 0 Å². The Hall–Kier alpha value is -2.22. The lowest BCUT2D eigenvalue weighted by atomic mass is 10.0. The highest BCUT2D eigenvalue weighted by molar-refractivity contribution is 5.86. The van der Waals surface area contributed by atoms with Crippen LogP contribution in [-0.4, -0.2) is 10.2 Å². The maximum atomic E-state index is 9.68. The van der Waals surface area contributed by atoms with Crippen molar-refractivity contribution in [1.82, 2.24) is 0 Å². The van der Waals surface area contributed by atoms with Gasteiger partial charge in [-0.25, -0.2) is 0 Å². The van der Waals surface area contributed by atoms with Gasteiger partial charge in [-0.05, 0) is 30.7 Å². The van der Waals surface area contributed by atoms with Crippen LogP contribution in [0.2, 0.25) is 0 Å². The monoisotopic (exact) mass is 225 g/mol. The summed E-state index contributed by atoms with van der Waals surface area (Å²) in [6, 6.07) is 14.0. The number of rotatable bonds is 2. The van der Waals surface area contributed by atoms with Gasteiger partial charge in [0.2, 0.25) is 0 Å². The predicted octanol–water partition coefficient (Wildman–Crippen LogP) is 3.47. The Bertz CT molecular complexity index is 556. The van der Waals surface area contributed by atoms with E-state index < -0.39 is 0 Å². The zero-order valence-corrected chi connectivity index (χ0v) is 9.30. The topological polar surface area (TPSA) is 40.5 Å². The number of allylic oxidation sites excluding steroid dienone is 1. The summed E-state index contributed by atoms with van der Waals surface area (Å²) in [5.41, 5.74) is 2.00. The second-order valence-electron chi connectivity index (χ2n) is 3.75. The van der Waals surface area contributed by atoms with E-state index in [0.717, 1.165) is 0 Å². The maximum absolute atomic E-state index is 9.68. The van der Waals surface area contributed by atoms with Gasteiger partial charge >= 0.3 is 0 Å². The van der Waals surface area contributed by atoms with Gasteiger partial charge in [0.05, 0.1) is 0 Å². The van der Waals surface area contributed by atoms with Crippen LogP contribution in [0.1, 0.15) is 11.1 Å². The van der Waals surface area contributed by atoms with Crippen LogP contribution in [-0.2, 0) is 0 Å². The molecule has 0 atom stereocenters. The summed E-state index contributed by atoms with van der Waals surface area (Å²) in [7, 11) is 0. The number of phenolic OH excluding ortho intramolecular Hbond substituents is 2. The number of phenols is 2. The van der Waals surface area contributed by atoms with E-state index in [4.69, 9.17) is 0 Å². The zero-order chi connectivity index (χ0) is 12.3. The molecule has 0 fully saturated rings.